The van der Waals surface area contributed by atoms with E-state index >= 15 is 0 Å². The molecule has 1 aromatic carbocycles. The Kier molecular flexibility index (Phi) is 4.68. The van der Waals surface area contributed by atoms with E-state index in [-0.39, 0.29) is 5.91 Å². The van der Waals surface area contributed by atoms with Gasteiger partial charge < -0.3 is 9.64 Å². The van der Waals surface area contributed by atoms with Crippen LogP contribution in [0.5, 0.6) is 0 Å². The van der Waals surface area contributed by atoms with Gasteiger partial charge in [0.15, 0.2) is 0 Å². The number of ether oxygens (including phenoxy) is 1. The van der Waals surface area contributed by atoms with E-state index in [9.17, 15) is 4.79 Å². The molecule has 0 aliphatic carbocycles. The van der Waals surface area contributed by atoms with Gasteiger partial charge in [0.05, 0.1) is 5.52 Å². The van der Waals surface area contributed by atoms with Crippen molar-refractivity contribution in [2.45, 2.75) is 19.3 Å². The molecule has 0 N–H and O–H groups in total. The largest absolute Gasteiger partial charge is 0.381 e. The summed E-state index contributed by atoms with van der Waals surface area (Å²) in [5.41, 5.74) is 1.65. The predicted molar refractivity (Wildman–Crippen MR) is 86.9 cm³/mol. The summed E-state index contributed by atoms with van der Waals surface area (Å²) in [6, 6.07) is 9.58. The summed E-state index contributed by atoms with van der Waals surface area (Å²) in [6.45, 7) is 2.52. The van der Waals surface area contributed by atoms with E-state index < -0.39 is 0 Å². The summed E-state index contributed by atoms with van der Waals surface area (Å²) in [7, 11) is 1.88. The molecule has 22 heavy (non-hydrogen) atoms. The molecule has 0 saturated carbocycles. The number of fused-ring (bicyclic) bond motifs is 1. The van der Waals surface area contributed by atoms with Crippen LogP contribution in [0.15, 0.2) is 36.5 Å². The highest BCUT2D eigenvalue weighted by atomic mass is 16.5. The number of carbonyl (C=O) groups excluding carboxylic acids is 1. The van der Waals surface area contributed by atoms with E-state index in [4.69, 9.17) is 4.74 Å². The molecule has 1 saturated heterocycles. The van der Waals surface area contributed by atoms with Crippen LogP contribution >= 0.6 is 0 Å². The first-order chi connectivity index (χ1) is 10.7. The molecule has 0 bridgehead atoms. The van der Waals surface area contributed by atoms with Crippen LogP contribution in [0.3, 0.4) is 0 Å². The topological polar surface area (TPSA) is 42.4 Å². The lowest BCUT2D eigenvalue weighted by Crippen LogP contribution is -2.30. The van der Waals surface area contributed by atoms with Crippen molar-refractivity contribution in [1.82, 2.24) is 9.88 Å². The molecule has 1 amide bonds. The Labute approximate surface area is 131 Å². The molecule has 1 aliphatic heterocycles. The quantitative estimate of drug-likeness (QED) is 0.871. The molecule has 2 aromatic rings. The van der Waals surface area contributed by atoms with Crippen molar-refractivity contribution in [1.29, 1.82) is 0 Å². The summed E-state index contributed by atoms with van der Waals surface area (Å²) in [5, 5.41) is 1.01. The van der Waals surface area contributed by atoms with Crippen LogP contribution in [0.2, 0.25) is 0 Å². The molecular formula is C18H22N2O2. The molecule has 0 unspecified atom stereocenters. The number of amides is 1. The minimum Gasteiger partial charge on any atom is -0.381 e. The fourth-order valence-electron chi connectivity index (χ4n) is 2.94. The number of nitrogens with zero attached hydrogens (tertiary/aromatic N) is 2. The summed E-state index contributed by atoms with van der Waals surface area (Å²) in [4.78, 5) is 18.7. The van der Waals surface area contributed by atoms with Crippen LogP contribution in [0.25, 0.3) is 10.9 Å². The molecule has 116 valence electrons. The van der Waals surface area contributed by atoms with E-state index in [1.54, 1.807) is 6.20 Å². The van der Waals surface area contributed by atoms with Crippen LogP contribution in [0.1, 0.15) is 29.6 Å². The second-order valence-electron chi connectivity index (χ2n) is 5.98. The van der Waals surface area contributed by atoms with Gasteiger partial charge in [0.1, 0.15) is 0 Å². The predicted octanol–water partition coefficient (Wildman–Crippen LogP) is 3.12. The van der Waals surface area contributed by atoms with Crippen LogP contribution < -0.4 is 0 Å². The Morgan fingerprint density at radius 1 is 1.32 bits per heavy atom. The van der Waals surface area contributed by atoms with Gasteiger partial charge in [-0.25, -0.2) is 0 Å². The Bertz CT molecular complexity index is 650. The second kappa shape index (κ2) is 6.88. The Morgan fingerprint density at radius 2 is 2.14 bits per heavy atom. The van der Waals surface area contributed by atoms with Gasteiger partial charge in [-0.2, -0.15) is 0 Å². The molecule has 1 aromatic heterocycles. The van der Waals surface area contributed by atoms with Gasteiger partial charge in [0.2, 0.25) is 0 Å². The van der Waals surface area contributed by atoms with Crippen molar-refractivity contribution in [3.05, 3.63) is 42.1 Å². The Balaban J connectivity index is 1.63. The Morgan fingerprint density at radius 3 is 2.95 bits per heavy atom. The number of rotatable bonds is 4. The number of carbonyl (C=O) groups is 1. The molecule has 0 radical (unpaired) electrons. The van der Waals surface area contributed by atoms with Gasteiger partial charge >= 0.3 is 0 Å². The molecular weight excluding hydrogens is 276 g/mol. The minimum absolute atomic E-state index is 0.0813. The summed E-state index contributed by atoms with van der Waals surface area (Å²) in [5.74, 6) is 0.766. The lowest BCUT2D eigenvalue weighted by Gasteiger charge is -2.25. The van der Waals surface area contributed by atoms with E-state index in [1.165, 1.54) is 0 Å². The van der Waals surface area contributed by atoms with Crippen molar-refractivity contribution in [2.75, 3.05) is 26.8 Å². The molecule has 0 atom stereocenters. The number of hydrogen-bond donors (Lipinski definition) is 0. The summed E-state index contributed by atoms with van der Waals surface area (Å²) in [6.07, 6.45) is 5.05. The zero-order valence-electron chi connectivity index (χ0n) is 13.0. The molecule has 1 fully saturated rings. The Hall–Kier alpha value is -1.94. The van der Waals surface area contributed by atoms with Crippen molar-refractivity contribution in [2.24, 2.45) is 5.92 Å². The van der Waals surface area contributed by atoms with Crippen LogP contribution in [-0.4, -0.2) is 42.6 Å². The molecule has 4 nitrogen and oxygen atoms in total. The lowest BCUT2D eigenvalue weighted by atomic mass is 9.96. The highest BCUT2D eigenvalue weighted by Gasteiger charge is 2.17. The number of hydrogen-bond acceptors (Lipinski definition) is 3. The normalized spacial score (nSPS) is 15.9. The van der Waals surface area contributed by atoms with Gasteiger partial charge in [-0.15, -0.1) is 0 Å². The van der Waals surface area contributed by atoms with E-state index in [2.05, 4.69) is 4.98 Å². The van der Waals surface area contributed by atoms with Gasteiger partial charge in [-0.1, -0.05) is 6.07 Å². The highest BCUT2D eigenvalue weighted by molar-refractivity contribution is 5.97. The van der Waals surface area contributed by atoms with Gasteiger partial charge in [-0.3, -0.25) is 9.78 Å². The van der Waals surface area contributed by atoms with Crippen molar-refractivity contribution >= 4 is 16.8 Å². The number of pyridine rings is 1. The molecule has 0 spiro atoms. The van der Waals surface area contributed by atoms with Gasteiger partial charge in [0.25, 0.3) is 5.91 Å². The molecule has 3 rings (SSSR count). The molecule has 2 heterocycles. The third-order valence-corrected chi connectivity index (χ3v) is 4.41. The molecule has 1 aliphatic rings. The van der Waals surface area contributed by atoms with Crippen molar-refractivity contribution in [3.8, 4) is 0 Å². The third-order valence-electron chi connectivity index (χ3n) is 4.41. The van der Waals surface area contributed by atoms with E-state index in [0.717, 1.165) is 55.5 Å². The van der Waals surface area contributed by atoms with Crippen molar-refractivity contribution < 1.29 is 9.53 Å². The van der Waals surface area contributed by atoms with Crippen LogP contribution in [0.4, 0.5) is 0 Å². The third kappa shape index (κ3) is 3.45. The minimum atomic E-state index is 0.0813. The SMILES string of the molecule is CN(CCC1CCOCC1)C(=O)c1ccc2ncccc2c1. The average molecular weight is 298 g/mol. The van der Waals surface area contributed by atoms with E-state index in [0.29, 0.717) is 5.92 Å². The monoisotopic (exact) mass is 298 g/mol. The molecule has 4 heteroatoms. The zero-order chi connectivity index (χ0) is 15.4. The zero-order valence-corrected chi connectivity index (χ0v) is 13.0. The number of aromatic nitrogens is 1. The van der Waals surface area contributed by atoms with Crippen LogP contribution in [-0.2, 0) is 4.74 Å². The maximum atomic E-state index is 12.5. The van der Waals surface area contributed by atoms with Crippen LogP contribution in [0, 0.1) is 5.92 Å². The maximum absolute atomic E-state index is 12.5. The first-order valence-corrected chi connectivity index (χ1v) is 7.92. The average Bonchev–Trinajstić information content (AvgIpc) is 2.59. The van der Waals surface area contributed by atoms with Gasteiger partial charge in [0, 0.05) is 44.0 Å². The van der Waals surface area contributed by atoms with Crippen molar-refractivity contribution in [3.63, 3.8) is 0 Å². The fraction of sp³-hybridized carbons (Fsp3) is 0.444. The maximum Gasteiger partial charge on any atom is 0.253 e. The van der Waals surface area contributed by atoms with Gasteiger partial charge in [-0.05, 0) is 49.4 Å². The number of benzene rings is 1. The lowest BCUT2D eigenvalue weighted by molar-refractivity contribution is 0.0583. The first kappa shape index (κ1) is 15.0. The second-order valence-corrected chi connectivity index (χ2v) is 5.98. The fourth-order valence-corrected chi connectivity index (χ4v) is 2.94. The standard InChI is InChI=1S/C18H22N2O2/c1-20(10-6-14-7-11-22-12-8-14)18(21)16-4-5-17-15(13-16)3-2-9-19-17/h2-5,9,13-14H,6-8,10-12H2,1H3. The first-order valence-electron chi connectivity index (χ1n) is 7.92. The highest BCUT2D eigenvalue weighted by Crippen LogP contribution is 2.19. The summed E-state index contributed by atoms with van der Waals surface area (Å²) < 4.78 is 5.38. The smallest absolute Gasteiger partial charge is 0.253 e. The summed E-state index contributed by atoms with van der Waals surface area (Å²) >= 11 is 0. The van der Waals surface area contributed by atoms with E-state index in [1.807, 2.05) is 42.3 Å².